The van der Waals surface area contributed by atoms with Gasteiger partial charge in [-0.25, -0.2) is 4.98 Å². The summed E-state index contributed by atoms with van der Waals surface area (Å²) in [6, 6.07) is 4.83. The predicted molar refractivity (Wildman–Crippen MR) is 89.9 cm³/mol. The molecule has 1 fully saturated rings. The SMILES string of the molecule is Cc1cc(OCc2csc(CNC3CC3)n2)cc(C)c1Br. The number of hydrogen-bond donors (Lipinski definition) is 1. The van der Waals surface area contributed by atoms with Gasteiger partial charge in [0.15, 0.2) is 0 Å². The van der Waals surface area contributed by atoms with Gasteiger partial charge in [-0.2, -0.15) is 0 Å². The highest BCUT2D eigenvalue weighted by atomic mass is 79.9. The van der Waals surface area contributed by atoms with Crippen LogP contribution < -0.4 is 10.1 Å². The van der Waals surface area contributed by atoms with Crippen molar-refractivity contribution >= 4 is 27.3 Å². The number of rotatable bonds is 6. The Hall–Kier alpha value is -0.910. The molecule has 1 heterocycles. The van der Waals surface area contributed by atoms with Crippen LogP contribution in [-0.2, 0) is 13.2 Å². The standard InChI is InChI=1S/C16H19BrN2OS/c1-10-5-14(6-11(2)16(10)17)20-8-13-9-21-15(19-13)7-18-12-3-4-12/h5-6,9,12,18H,3-4,7-8H2,1-2H3. The number of nitrogens with one attached hydrogen (secondary N) is 1. The summed E-state index contributed by atoms with van der Waals surface area (Å²) in [7, 11) is 0. The van der Waals surface area contributed by atoms with Crippen molar-refractivity contribution < 1.29 is 4.74 Å². The molecule has 3 nitrogen and oxygen atoms in total. The second kappa shape index (κ2) is 6.46. The number of thiazole rings is 1. The minimum atomic E-state index is 0.528. The van der Waals surface area contributed by atoms with Crippen LogP contribution in [0.2, 0.25) is 0 Å². The van der Waals surface area contributed by atoms with Crippen LogP contribution in [0.25, 0.3) is 0 Å². The minimum absolute atomic E-state index is 0.528. The van der Waals surface area contributed by atoms with E-state index in [1.54, 1.807) is 11.3 Å². The third-order valence-corrected chi connectivity index (χ3v) is 5.66. The van der Waals surface area contributed by atoms with Crippen molar-refractivity contribution in [1.29, 1.82) is 0 Å². The normalized spacial score (nSPS) is 14.4. The van der Waals surface area contributed by atoms with Crippen molar-refractivity contribution in [3.05, 3.63) is 43.8 Å². The van der Waals surface area contributed by atoms with Gasteiger partial charge in [0.25, 0.3) is 0 Å². The Morgan fingerprint density at radius 3 is 2.71 bits per heavy atom. The van der Waals surface area contributed by atoms with Gasteiger partial charge in [-0.3, -0.25) is 0 Å². The van der Waals surface area contributed by atoms with Gasteiger partial charge in [-0.05, 0) is 49.9 Å². The molecule has 1 N–H and O–H groups in total. The zero-order chi connectivity index (χ0) is 14.8. The van der Waals surface area contributed by atoms with E-state index >= 15 is 0 Å². The highest BCUT2D eigenvalue weighted by Crippen LogP contribution is 2.27. The molecule has 1 aliphatic carbocycles. The van der Waals surface area contributed by atoms with Crippen LogP contribution in [-0.4, -0.2) is 11.0 Å². The number of aromatic nitrogens is 1. The Morgan fingerprint density at radius 1 is 1.33 bits per heavy atom. The first-order valence-electron chi connectivity index (χ1n) is 7.18. The fourth-order valence-electron chi connectivity index (χ4n) is 2.16. The lowest BCUT2D eigenvalue weighted by Gasteiger charge is -2.09. The lowest BCUT2D eigenvalue weighted by atomic mass is 10.1. The Balaban J connectivity index is 1.56. The highest BCUT2D eigenvalue weighted by molar-refractivity contribution is 9.10. The van der Waals surface area contributed by atoms with Crippen LogP contribution in [0.3, 0.4) is 0 Å². The molecule has 1 saturated carbocycles. The summed E-state index contributed by atoms with van der Waals surface area (Å²) in [6.07, 6.45) is 2.62. The quantitative estimate of drug-likeness (QED) is 0.824. The number of ether oxygens (including phenoxy) is 1. The molecule has 112 valence electrons. The molecule has 1 aromatic carbocycles. The third kappa shape index (κ3) is 4.05. The second-order valence-corrected chi connectivity index (χ2v) is 7.28. The Morgan fingerprint density at radius 2 is 2.05 bits per heavy atom. The Bertz CT molecular complexity index is 614. The zero-order valence-corrected chi connectivity index (χ0v) is 14.7. The summed E-state index contributed by atoms with van der Waals surface area (Å²) in [6.45, 7) is 5.56. The molecule has 1 aromatic heterocycles. The maximum Gasteiger partial charge on any atom is 0.131 e. The van der Waals surface area contributed by atoms with E-state index in [1.165, 1.54) is 24.0 Å². The summed E-state index contributed by atoms with van der Waals surface area (Å²) >= 11 is 5.28. The topological polar surface area (TPSA) is 34.1 Å². The first kappa shape index (κ1) is 15.0. The monoisotopic (exact) mass is 366 g/mol. The van der Waals surface area contributed by atoms with Gasteiger partial charge < -0.3 is 10.1 Å². The molecule has 5 heteroatoms. The fourth-order valence-corrected chi connectivity index (χ4v) is 3.12. The minimum Gasteiger partial charge on any atom is -0.487 e. The number of benzene rings is 1. The summed E-state index contributed by atoms with van der Waals surface area (Å²) in [5.41, 5.74) is 3.39. The second-order valence-electron chi connectivity index (χ2n) is 5.55. The van der Waals surface area contributed by atoms with Crippen LogP contribution in [0.15, 0.2) is 22.0 Å². The van der Waals surface area contributed by atoms with E-state index in [1.807, 2.05) is 0 Å². The molecule has 0 atom stereocenters. The highest BCUT2D eigenvalue weighted by Gasteiger charge is 2.20. The summed E-state index contributed by atoms with van der Waals surface area (Å²) in [5.74, 6) is 0.902. The molecular weight excluding hydrogens is 348 g/mol. The van der Waals surface area contributed by atoms with E-state index in [4.69, 9.17) is 4.74 Å². The summed E-state index contributed by atoms with van der Waals surface area (Å²) in [5, 5.41) is 6.71. The van der Waals surface area contributed by atoms with Gasteiger partial charge in [0.05, 0.1) is 5.69 Å². The molecule has 0 spiro atoms. The number of aryl methyl sites for hydroxylation is 2. The molecular formula is C16H19BrN2OS. The molecule has 3 rings (SSSR count). The first-order chi connectivity index (χ1) is 10.1. The maximum absolute atomic E-state index is 5.86. The largest absolute Gasteiger partial charge is 0.487 e. The average Bonchev–Trinajstić information content (AvgIpc) is 3.18. The van der Waals surface area contributed by atoms with Crippen LogP contribution in [0, 0.1) is 13.8 Å². The van der Waals surface area contributed by atoms with Crippen LogP contribution >= 0.6 is 27.3 Å². The lowest BCUT2D eigenvalue weighted by molar-refractivity contribution is 0.301. The summed E-state index contributed by atoms with van der Waals surface area (Å²) < 4.78 is 7.01. The fraction of sp³-hybridized carbons (Fsp3) is 0.438. The number of hydrogen-bond acceptors (Lipinski definition) is 4. The lowest BCUT2D eigenvalue weighted by Crippen LogP contribution is -2.15. The van der Waals surface area contributed by atoms with E-state index in [2.05, 4.69) is 57.6 Å². The van der Waals surface area contributed by atoms with Crippen LogP contribution in [0.5, 0.6) is 5.75 Å². The van der Waals surface area contributed by atoms with Crippen LogP contribution in [0.4, 0.5) is 0 Å². The van der Waals surface area contributed by atoms with Crippen molar-refractivity contribution in [2.24, 2.45) is 0 Å². The van der Waals surface area contributed by atoms with Crippen LogP contribution in [0.1, 0.15) is 34.7 Å². The van der Waals surface area contributed by atoms with Crippen molar-refractivity contribution in [2.75, 3.05) is 0 Å². The average molecular weight is 367 g/mol. The third-order valence-electron chi connectivity index (χ3n) is 3.52. The molecule has 2 aromatic rings. The van der Waals surface area contributed by atoms with Crippen molar-refractivity contribution in [2.45, 2.75) is 45.9 Å². The molecule has 21 heavy (non-hydrogen) atoms. The van der Waals surface area contributed by atoms with E-state index in [9.17, 15) is 0 Å². The molecule has 0 bridgehead atoms. The van der Waals surface area contributed by atoms with E-state index in [0.29, 0.717) is 6.61 Å². The van der Waals surface area contributed by atoms with Gasteiger partial charge >= 0.3 is 0 Å². The molecule has 0 radical (unpaired) electrons. The van der Waals surface area contributed by atoms with E-state index in [0.717, 1.165) is 33.5 Å². The van der Waals surface area contributed by atoms with Crippen molar-refractivity contribution in [1.82, 2.24) is 10.3 Å². The summed E-state index contributed by atoms with van der Waals surface area (Å²) in [4.78, 5) is 4.61. The zero-order valence-electron chi connectivity index (χ0n) is 12.3. The molecule has 0 amide bonds. The van der Waals surface area contributed by atoms with Gasteiger partial charge in [0.1, 0.15) is 17.4 Å². The van der Waals surface area contributed by atoms with E-state index < -0.39 is 0 Å². The predicted octanol–water partition coefficient (Wildman–Crippen LogP) is 4.35. The smallest absolute Gasteiger partial charge is 0.131 e. The molecule has 0 aliphatic heterocycles. The van der Waals surface area contributed by atoms with Gasteiger partial charge in [-0.1, -0.05) is 15.9 Å². The van der Waals surface area contributed by atoms with Crippen molar-refractivity contribution in [3.63, 3.8) is 0 Å². The molecule has 0 saturated heterocycles. The maximum atomic E-state index is 5.86. The Kier molecular flexibility index (Phi) is 4.62. The van der Waals surface area contributed by atoms with Gasteiger partial charge in [0.2, 0.25) is 0 Å². The number of nitrogens with zero attached hydrogens (tertiary/aromatic N) is 1. The number of halogens is 1. The first-order valence-corrected chi connectivity index (χ1v) is 8.85. The molecule has 0 unspecified atom stereocenters. The van der Waals surface area contributed by atoms with Crippen molar-refractivity contribution in [3.8, 4) is 5.75 Å². The van der Waals surface area contributed by atoms with Gasteiger partial charge in [0, 0.05) is 22.4 Å². The molecule has 1 aliphatic rings. The van der Waals surface area contributed by atoms with E-state index in [-0.39, 0.29) is 0 Å². The van der Waals surface area contributed by atoms with Gasteiger partial charge in [-0.15, -0.1) is 11.3 Å². The Labute approximate surface area is 137 Å².